The number of fused-ring (bicyclic) bond motifs is 1. The lowest BCUT2D eigenvalue weighted by molar-refractivity contribution is 0.569. The first-order valence-electron chi connectivity index (χ1n) is 6.00. The van der Waals surface area contributed by atoms with E-state index >= 15 is 0 Å². The highest BCUT2D eigenvalue weighted by atomic mass is 15.4. The summed E-state index contributed by atoms with van der Waals surface area (Å²) in [4.78, 5) is 8.50. The third-order valence-corrected chi connectivity index (χ3v) is 2.72. The zero-order valence-corrected chi connectivity index (χ0v) is 10.3. The number of nitrogen functional groups attached to an aromatic ring is 1. The van der Waals surface area contributed by atoms with Crippen LogP contribution in [0.1, 0.15) is 6.42 Å². The lowest BCUT2D eigenvalue weighted by Crippen LogP contribution is -2.10. The molecule has 0 aliphatic carbocycles. The van der Waals surface area contributed by atoms with Crippen LogP contribution in [0.25, 0.3) is 5.65 Å². The summed E-state index contributed by atoms with van der Waals surface area (Å²) in [5.74, 6) is 1.16. The molecule has 0 aromatic carbocycles. The van der Waals surface area contributed by atoms with Gasteiger partial charge in [-0.3, -0.25) is 4.68 Å². The molecule has 0 amide bonds. The Morgan fingerprint density at radius 3 is 3.05 bits per heavy atom. The fraction of sp³-hybridized carbons (Fsp3) is 0.273. The molecule has 3 rings (SSSR count). The summed E-state index contributed by atoms with van der Waals surface area (Å²) < 4.78 is 3.64. The zero-order valence-electron chi connectivity index (χ0n) is 10.3. The summed E-state index contributed by atoms with van der Waals surface area (Å²) in [7, 11) is 0. The maximum absolute atomic E-state index is 5.74. The minimum absolute atomic E-state index is 0.462. The molecule has 0 fully saturated rings. The van der Waals surface area contributed by atoms with E-state index in [1.807, 2.05) is 16.8 Å². The van der Waals surface area contributed by atoms with Crippen molar-refractivity contribution in [3.8, 4) is 0 Å². The minimum atomic E-state index is 0.462. The van der Waals surface area contributed by atoms with E-state index in [0.717, 1.165) is 25.2 Å². The number of imidazole rings is 1. The molecular formula is C11H14N8. The SMILES string of the molecule is Nc1cn2ccnc2c(NCCCn2ccnn2)n1. The number of hydrogen-bond donors (Lipinski definition) is 2. The Bertz CT molecular complexity index is 656. The molecule has 98 valence electrons. The van der Waals surface area contributed by atoms with Crippen LogP contribution in [0.2, 0.25) is 0 Å². The first-order valence-corrected chi connectivity index (χ1v) is 6.00. The average molecular weight is 258 g/mol. The second-order valence-corrected chi connectivity index (χ2v) is 4.12. The van der Waals surface area contributed by atoms with E-state index < -0.39 is 0 Å². The molecule has 3 heterocycles. The summed E-state index contributed by atoms with van der Waals surface area (Å²) in [6.07, 6.45) is 9.72. The van der Waals surface area contributed by atoms with Gasteiger partial charge in [0.15, 0.2) is 11.5 Å². The molecule has 8 nitrogen and oxygen atoms in total. The number of aromatic nitrogens is 6. The molecule has 8 heteroatoms. The molecule has 3 aromatic rings. The number of hydrogen-bond acceptors (Lipinski definition) is 6. The van der Waals surface area contributed by atoms with E-state index in [1.54, 1.807) is 23.3 Å². The molecule has 0 aliphatic heterocycles. The first-order chi connectivity index (χ1) is 9.33. The van der Waals surface area contributed by atoms with Crippen molar-refractivity contribution < 1.29 is 0 Å². The van der Waals surface area contributed by atoms with E-state index in [-0.39, 0.29) is 0 Å². The van der Waals surface area contributed by atoms with Gasteiger partial charge in [-0.25, -0.2) is 9.97 Å². The molecule has 0 aliphatic rings. The summed E-state index contributed by atoms with van der Waals surface area (Å²) in [5, 5.41) is 10.9. The largest absolute Gasteiger partial charge is 0.382 e. The van der Waals surface area contributed by atoms with Gasteiger partial charge in [0.2, 0.25) is 0 Å². The van der Waals surface area contributed by atoms with E-state index in [1.165, 1.54) is 0 Å². The first kappa shape index (κ1) is 11.5. The van der Waals surface area contributed by atoms with Crippen LogP contribution < -0.4 is 11.1 Å². The predicted molar refractivity (Wildman–Crippen MR) is 70.5 cm³/mol. The third-order valence-electron chi connectivity index (χ3n) is 2.72. The topological polar surface area (TPSA) is 99.0 Å². The molecule has 0 atom stereocenters. The van der Waals surface area contributed by atoms with Crippen molar-refractivity contribution in [3.05, 3.63) is 31.0 Å². The Balaban J connectivity index is 1.63. The Hall–Kier alpha value is -2.64. The maximum Gasteiger partial charge on any atom is 0.180 e. The summed E-state index contributed by atoms with van der Waals surface area (Å²) in [5.41, 5.74) is 6.52. The van der Waals surface area contributed by atoms with Crippen LogP contribution in [0.15, 0.2) is 31.0 Å². The minimum Gasteiger partial charge on any atom is -0.382 e. The number of nitrogens with zero attached hydrogens (tertiary/aromatic N) is 6. The highest BCUT2D eigenvalue weighted by molar-refractivity contribution is 5.64. The van der Waals surface area contributed by atoms with Gasteiger partial charge in [-0.15, -0.1) is 5.10 Å². The summed E-state index contributed by atoms with van der Waals surface area (Å²) in [6, 6.07) is 0. The molecule has 0 unspecified atom stereocenters. The van der Waals surface area contributed by atoms with Crippen molar-refractivity contribution in [1.29, 1.82) is 0 Å². The van der Waals surface area contributed by atoms with Crippen molar-refractivity contribution in [2.45, 2.75) is 13.0 Å². The molecule has 0 spiro atoms. The lowest BCUT2D eigenvalue weighted by Gasteiger charge is -2.07. The van der Waals surface area contributed by atoms with Crippen molar-refractivity contribution in [3.63, 3.8) is 0 Å². The van der Waals surface area contributed by atoms with E-state index in [2.05, 4.69) is 25.6 Å². The van der Waals surface area contributed by atoms with Crippen LogP contribution in [-0.2, 0) is 6.54 Å². The van der Waals surface area contributed by atoms with Crippen molar-refractivity contribution in [2.75, 3.05) is 17.6 Å². The van der Waals surface area contributed by atoms with Gasteiger partial charge >= 0.3 is 0 Å². The number of nitrogens with two attached hydrogens (primary N) is 1. The number of anilines is 2. The van der Waals surface area contributed by atoms with E-state index in [0.29, 0.717) is 11.6 Å². The lowest BCUT2D eigenvalue weighted by atomic mass is 10.4. The summed E-state index contributed by atoms with van der Waals surface area (Å²) >= 11 is 0. The van der Waals surface area contributed by atoms with Gasteiger partial charge in [-0.1, -0.05) is 5.21 Å². The Morgan fingerprint density at radius 1 is 1.26 bits per heavy atom. The molecule has 0 bridgehead atoms. The molecule has 3 N–H and O–H groups in total. The van der Waals surface area contributed by atoms with Crippen LogP contribution in [0.5, 0.6) is 0 Å². The molecular weight excluding hydrogens is 244 g/mol. The van der Waals surface area contributed by atoms with Crippen LogP contribution in [0.4, 0.5) is 11.6 Å². The molecule has 19 heavy (non-hydrogen) atoms. The highest BCUT2D eigenvalue weighted by Crippen LogP contribution is 2.14. The second-order valence-electron chi connectivity index (χ2n) is 4.12. The fourth-order valence-corrected chi connectivity index (χ4v) is 1.87. The average Bonchev–Trinajstić information content (AvgIpc) is 3.04. The zero-order chi connectivity index (χ0) is 13.1. The second kappa shape index (κ2) is 4.92. The van der Waals surface area contributed by atoms with Crippen LogP contribution in [0.3, 0.4) is 0 Å². The third kappa shape index (κ3) is 2.46. The number of rotatable bonds is 5. The van der Waals surface area contributed by atoms with Gasteiger partial charge in [-0.05, 0) is 6.42 Å². The van der Waals surface area contributed by atoms with Gasteiger partial charge in [0, 0.05) is 31.7 Å². The van der Waals surface area contributed by atoms with Crippen molar-refractivity contribution in [1.82, 2.24) is 29.4 Å². The fourth-order valence-electron chi connectivity index (χ4n) is 1.87. The highest BCUT2D eigenvalue weighted by Gasteiger charge is 2.05. The monoisotopic (exact) mass is 258 g/mol. The summed E-state index contributed by atoms with van der Waals surface area (Å²) in [6.45, 7) is 1.57. The number of aryl methyl sites for hydroxylation is 1. The Labute approximate surface area is 109 Å². The maximum atomic E-state index is 5.74. The van der Waals surface area contributed by atoms with Crippen molar-refractivity contribution in [2.24, 2.45) is 0 Å². The van der Waals surface area contributed by atoms with Gasteiger partial charge in [-0.2, -0.15) is 0 Å². The van der Waals surface area contributed by atoms with Crippen LogP contribution >= 0.6 is 0 Å². The van der Waals surface area contributed by atoms with E-state index in [9.17, 15) is 0 Å². The quantitative estimate of drug-likeness (QED) is 0.643. The Morgan fingerprint density at radius 2 is 2.21 bits per heavy atom. The van der Waals surface area contributed by atoms with Crippen LogP contribution in [0, 0.1) is 0 Å². The molecule has 0 saturated carbocycles. The smallest absolute Gasteiger partial charge is 0.180 e. The standard InChI is InChI=1S/C11H14N8/c12-9-8-18-6-3-14-11(18)10(16-9)13-2-1-5-19-7-4-15-17-19/h3-4,6-8H,1-2,5,12H2,(H,13,16). The molecule has 0 radical (unpaired) electrons. The molecule has 0 saturated heterocycles. The Kier molecular flexibility index (Phi) is 2.97. The van der Waals surface area contributed by atoms with E-state index in [4.69, 9.17) is 5.73 Å². The van der Waals surface area contributed by atoms with Crippen molar-refractivity contribution >= 4 is 17.3 Å². The van der Waals surface area contributed by atoms with Crippen LogP contribution in [-0.4, -0.2) is 35.9 Å². The molecule has 3 aromatic heterocycles. The number of nitrogens with one attached hydrogen (secondary N) is 1. The van der Waals surface area contributed by atoms with Gasteiger partial charge in [0.25, 0.3) is 0 Å². The van der Waals surface area contributed by atoms with Gasteiger partial charge < -0.3 is 15.5 Å². The predicted octanol–water partition coefficient (Wildman–Crippen LogP) is 0.405. The van der Waals surface area contributed by atoms with Gasteiger partial charge in [0.05, 0.1) is 12.4 Å². The van der Waals surface area contributed by atoms with Gasteiger partial charge in [0.1, 0.15) is 5.82 Å². The normalized spacial score (nSPS) is 10.9.